The zero-order chi connectivity index (χ0) is 21.7. The highest BCUT2D eigenvalue weighted by atomic mass is 79.9. The molecule has 1 aromatic heterocycles. The van der Waals surface area contributed by atoms with Crippen LogP contribution in [0.1, 0.15) is 43.2 Å². The summed E-state index contributed by atoms with van der Waals surface area (Å²) in [5.74, 6) is 2.22. The van der Waals surface area contributed by atoms with Crippen LogP contribution >= 0.6 is 15.9 Å². The third-order valence-electron chi connectivity index (χ3n) is 4.93. The normalized spacial score (nSPS) is 11.0. The first-order valence-corrected chi connectivity index (χ1v) is 10.7. The van der Waals surface area contributed by atoms with Crippen molar-refractivity contribution >= 4 is 21.8 Å². The number of ether oxygens (including phenoxy) is 1. The molecule has 2 aromatic carbocycles. The van der Waals surface area contributed by atoms with Crippen molar-refractivity contribution in [3.05, 3.63) is 64.0 Å². The van der Waals surface area contributed by atoms with Gasteiger partial charge in [-0.15, -0.1) is 0 Å². The van der Waals surface area contributed by atoms with Crippen molar-refractivity contribution in [3.8, 4) is 17.1 Å². The van der Waals surface area contributed by atoms with E-state index in [2.05, 4.69) is 52.1 Å². The van der Waals surface area contributed by atoms with Crippen molar-refractivity contribution in [2.75, 3.05) is 14.2 Å². The van der Waals surface area contributed by atoms with E-state index in [-0.39, 0.29) is 5.91 Å². The van der Waals surface area contributed by atoms with Crippen molar-refractivity contribution in [3.63, 3.8) is 0 Å². The van der Waals surface area contributed by atoms with Crippen LogP contribution < -0.4 is 4.74 Å². The fourth-order valence-corrected chi connectivity index (χ4v) is 3.52. The molecule has 3 rings (SSSR count). The molecule has 0 aliphatic rings. The second kappa shape index (κ2) is 9.89. The average Bonchev–Trinajstić information content (AvgIpc) is 3.21. The number of hydrogen-bond acceptors (Lipinski definition) is 5. The summed E-state index contributed by atoms with van der Waals surface area (Å²) in [6.45, 7) is 4.77. The lowest BCUT2D eigenvalue weighted by atomic mass is 10.0. The largest absolute Gasteiger partial charge is 0.496 e. The molecule has 158 valence electrons. The quantitative estimate of drug-likeness (QED) is 0.450. The zero-order valence-corrected chi connectivity index (χ0v) is 19.3. The molecular weight excluding hydrogens is 446 g/mol. The first kappa shape index (κ1) is 22.0. The number of amides is 1. The minimum atomic E-state index is -0.00179. The maximum absolute atomic E-state index is 12.6. The van der Waals surface area contributed by atoms with Gasteiger partial charge >= 0.3 is 0 Å². The molecule has 0 bridgehead atoms. The Morgan fingerprint density at radius 2 is 1.93 bits per heavy atom. The molecule has 6 nitrogen and oxygen atoms in total. The predicted molar refractivity (Wildman–Crippen MR) is 119 cm³/mol. The van der Waals surface area contributed by atoms with Gasteiger partial charge in [0.2, 0.25) is 17.6 Å². The maximum atomic E-state index is 12.6. The van der Waals surface area contributed by atoms with Crippen molar-refractivity contribution in [2.24, 2.45) is 0 Å². The van der Waals surface area contributed by atoms with Crippen molar-refractivity contribution in [2.45, 2.75) is 39.2 Å². The summed E-state index contributed by atoms with van der Waals surface area (Å²) < 4.78 is 11.7. The monoisotopic (exact) mass is 471 g/mol. The molecule has 0 aliphatic carbocycles. The summed E-state index contributed by atoms with van der Waals surface area (Å²) in [4.78, 5) is 18.7. The van der Waals surface area contributed by atoms with E-state index in [0.29, 0.717) is 37.0 Å². The molecule has 0 saturated heterocycles. The number of aromatic nitrogens is 2. The van der Waals surface area contributed by atoms with E-state index in [4.69, 9.17) is 9.26 Å². The van der Waals surface area contributed by atoms with Crippen LogP contribution in [0, 0.1) is 0 Å². The molecule has 0 saturated carbocycles. The highest BCUT2D eigenvalue weighted by Gasteiger charge is 2.15. The highest BCUT2D eigenvalue weighted by molar-refractivity contribution is 9.10. The molecule has 0 N–H and O–H groups in total. The molecule has 1 amide bonds. The highest BCUT2D eigenvalue weighted by Crippen LogP contribution is 2.24. The van der Waals surface area contributed by atoms with Crippen molar-refractivity contribution in [1.82, 2.24) is 15.0 Å². The molecule has 0 spiro atoms. The van der Waals surface area contributed by atoms with E-state index in [1.54, 1.807) is 19.1 Å². The molecular formula is C23H26BrN3O3. The van der Waals surface area contributed by atoms with Crippen molar-refractivity contribution < 1.29 is 14.1 Å². The number of halogens is 1. The van der Waals surface area contributed by atoms with E-state index in [9.17, 15) is 4.79 Å². The lowest BCUT2D eigenvalue weighted by molar-refractivity contribution is -0.130. The molecule has 1 heterocycles. The van der Waals surface area contributed by atoms with E-state index in [1.807, 2.05) is 30.3 Å². The molecule has 3 aromatic rings. The average molecular weight is 472 g/mol. The molecule has 7 heteroatoms. The van der Waals surface area contributed by atoms with E-state index in [0.717, 1.165) is 21.3 Å². The Morgan fingerprint density at radius 1 is 1.20 bits per heavy atom. The van der Waals surface area contributed by atoms with Crippen LogP contribution in [0.2, 0.25) is 0 Å². The van der Waals surface area contributed by atoms with Crippen LogP contribution in [0.3, 0.4) is 0 Å². The van der Waals surface area contributed by atoms with E-state index in [1.165, 1.54) is 5.56 Å². The summed E-state index contributed by atoms with van der Waals surface area (Å²) in [5.41, 5.74) is 3.10. The van der Waals surface area contributed by atoms with Gasteiger partial charge in [-0.05, 0) is 29.7 Å². The van der Waals surface area contributed by atoms with Gasteiger partial charge in [-0.2, -0.15) is 4.98 Å². The summed E-state index contributed by atoms with van der Waals surface area (Å²) in [6.07, 6.45) is 0.691. The number of carbonyl (C=O) groups is 1. The smallest absolute Gasteiger partial charge is 0.227 e. The third kappa shape index (κ3) is 5.48. The van der Waals surface area contributed by atoms with Gasteiger partial charge < -0.3 is 14.2 Å². The number of nitrogens with zero attached hydrogens (tertiary/aromatic N) is 3. The Hall–Kier alpha value is -2.67. The third-order valence-corrected chi connectivity index (χ3v) is 5.43. The fraction of sp³-hybridized carbons (Fsp3) is 0.348. The Labute approximate surface area is 185 Å². The van der Waals surface area contributed by atoms with Crippen LogP contribution in [0.15, 0.2) is 51.5 Å². The number of carbonyl (C=O) groups excluding carboxylic acids is 1. The SMILES string of the molecule is COc1ccc(Br)cc1CN(C)C(=O)CCc1nc(-c2ccc(C(C)C)cc2)no1. The minimum Gasteiger partial charge on any atom is -0.496 e. The topological polar surface area (TPSA) is 68.5 Å². The lowest BCUT2D eigenvalue weighted by Crippen LogP contribution is -2.26. The van der Waals surface area contributed by atoms with Crippen LogP contribution in [-0.2, 0) is 17.8 Å². The van der Waals surface area contributed by atoms with E-state index < -0.39 is 0 Å². The Bertz CT molecular complexity index is 999. The maximum Gasteiger partial charge on any atom is 0.227 e. The molecule has 30 heavy (non-hydrogen) atoms. The summed E-state index contributed by atoms with van der Waals surface area (Å²) in [6, 6.07) is 13.9. The van der Waals surface area contributed by atoms with Crippen LogP contribution in [0.5, 0.6) is 5.75 Å². The van der Waals surface area contributed by atoms with Gasteiger partial charge in [-0.3, -0.25) is 4.79 Å². The standard InChI is InChI=1S/C23H26BrN3O3/c1-15(2)16-5-7-17(8-6-16)23-25-21(30-26-23)11-12-22(28)27(3)14-18-13-19(24)9-10-20(18)29-4/h5-10,13,15H,11-12,14H2,1-4H3. The molecule has 0 radical (unpaired) electrons. The van der Waals surface area contributed by atoms with Gasteiger partial charge in [-0.25, -0.2) is 0 Å². The van der Waals surface area contributed by atoms with Gasteiger partial charge in [0.15, 0.2) is 0 Å². The number of methoxy groups -OCH3 is 1. The van der Waals surface area contributed by atoms with Crippen molar-refractivity contribution in [1.29, 1.82) is 0 Å². The Kier molecular flexibility index (Phi) is 7.26. The lowest BCUT2D eigenvalue weighted by Gasteiger charge is -2.18. The minimum absolute atomic E-state index is 0.00179. The van der Waals surface area contributed by atoms with Crippen LogP contribution in [0.25, 0.3) is 11.4 Å². The number of rotatable bonds is 8. The molecule has 0 aliphatic heterocycles. The number of aryl methyl sites for hydroxylation is 1. The van der Waals surface area contributed by atoms with Crippen LogP contribution in [0.4, 0.5) is 0 Å². The first-order valence-electron chi connectivity index (χ1n) is 9.86. The Morgan fingerprint density at radius 3 is 2.60 bits per heavy atom. The first-order chi connectivity index (χ1) is 14.4. The summed E-state index contributed by atoms with van der Waals surface area (Å²) >= 11 is 3.46. The molecule has 0 atom stereocenters. The fourth-order valence-electron chi connectivity index (χ4n) is 3.11. The second-order valence-corrected chi connectivity index (χ2v) is 8.41. The predicted octanol–water partition coefficient (Wildman–Crippen LogP) is 5.22. The van der Waals surface area contributed by atoms with E-state index >= 15 is 0 Å². The van der Waals surface area contributed by atoms with Gasteiger partial charge in [0.1, 0.15) is 5.75 Å². The number of hydrogen-bond donors (Lipinski definition) is 0. The summed E-state index contributed by atoms with van der Waals surface area (Å²) in [7, 11) is 3.40. The zero-order valence-electron chi connectivity index (χ0n) is 17.7. The summed E-state index contributed by atoms with van der Waals surface area (Å²) in [5, 5.41) is 4.05. The van der Waals surface area contributed by atoms with Gasteiger partial charge in [0.25, 0.3) is 0 Å². The van der Waals surface area contributed by atoms with Gasteiger partial charge in [0, 0.05) is 42.0 Å². The second-order valence-electron chi connectivity index (χ2n) is 7.49. The van der Waals surface area contributed by atoms with Crippen LogP contribution in [-0.4, -0.2) is 35.1 Å². The van der Waals surface area contributed by atoms with Gasteiger partial charge in [-0.1, -0.05) is 59.2 Å². The number of benzene rings is 2. The molecule has 0 unspecified atom stereocenters. The Balaban J connectivity index is 1.58. The van der Waals surface area contributed by atoms with Gasteiger partial charge in [0.05, 0.1) is 7.11 Å². The molecule has 0 fully saturated rings.